The topological polar surface area (TPSA) is 199 Å². The Kier molecular flexibility index (Phi) is 10.8. The monoisotopic (exact) mass is 967 g/mol. The van der Waals surface area contributed by atoms with Gasteiger partial charge in [0.15, 0.2) is 5.82 Å². The second-order valence-corrected chi connectivity index (χ2v) is 19.6. The summed E-state index contributed by atoms with van der Waals surface area (Å²) < 4.78 is 42.8. The van der Waals surface area contributed by atoms with Crippen molar-refractivity contribution in [3.8, 4) is 11.1 Å². The van der Waals surface area contributed by atoms with E-state index in [1.807, 2.05) is 47.8 Å². The third kappa shape index (κ3) is 7.45. The fourth-order valence-electron chi connectivity index (χ4n) is 11.4. The van der Waals surface area contributed by atoms with Crippen molar-refractivity contribution in [2.75, 3.05) is 49.2 Å². The van der Waals surface area contributed by atoms with E-state index in [4.69, 9.17) is 9.84 Å². The van der Waals surface area contributed by atoms with Gasteiger partial charge in [-0.15, -0.1) is 10.2 Å². The number of benzene rings is 2. The van der Waals surface area contributed by atoms with E-state index in [0.717, 1.165) is 52.5 Å². The Balaban J connectivity index is 0.817. The number of anilines is 3. The standard InChI is InChI=1S/C50H51F2N13O6/c1-26-17-43-45(56-54-26)37(34-18-29-5-4-13-61(42(29)20-35(34)46(51)52)47-38-23-59(28(3)66)14-10-40(38)65(57-47)30-11-15-71-16-12-30)24-62(43)27(2)39-25-63(58-55-39)32-21-60(22-32)31-6-7-33-36(19-31)50(70)64(49(33)69)41-8-9-44(67)53-48(41)68/h6-7,17-20,24-25,27,30,32,41,46H,4-5,8-16,21-23H2,1-3H3,(H,53,67,68)/t27-,41?/m0/s1. The van der Waals surface area contributed by atoms with E-state index in [2.05, 4.69) is 40.3 Å². The van der Waals surface area contributed by atoms with E-state index in [9.17, 15) is 24.0 Å². The van der Waals surface area contributed by atoms with Gasteiger partial charge >= 0.3 is 0 Å². The number of carbonyl (C=O) groups excluding carboxylic acids is 5. The molecule has 0 aliphatic carbocycles. The van der Waals surface area contributed by atoms with Crippen LogP contribution in [0.4, 0.5) is 26.0 Å². The number of ether oxygens (including phenoxy) is 1. The molecule has 6 aliphatic heterocycles. The Morgan fingerprint density at radius 2 is 1.66 bits per heavy atom. The maximum atomic E-state index is 15.6. The number of piperidine rings is 1. The lowest BCUT2D eigenvalue weighted by Crippen LogP contribution is -2.54. The molecule has 1 N–H and O–H groups in total. The van der Waals surface area contributed by atoms with Gasteiger partial charge in [0, 0.05) is 99.1 Å². The first-order chi connectivity index (χ1) is 34.3. The molecule has 71 heavy (non-hydrogen) atoms. The highest BCUT2D eigenvalue weighted by molar-refractivity contribution is 6.23. The number of alkyl halides is 2. The van der Waals surface area contributed by atoms with E-state index >= 15 is 8.78 Å². The molecule has 4 aromatic heterocycles. The van der Waals surface area contributed by atoms with Gasteiger partial charge < -0.3 is 24.0 Å². The van der Waals surface area contributed by atoms with Crippen LogP contribution in [0, 0.1) is 6.92 Å². The van der Waals surface area contributed by atoms with Gasteiger partial charge in [0.2, 0.25) is 17.7 Å². The van der Waals surface area contributed by atoms with Gasteiger partial charge in [-0.3, -0.25) is 38.9 Å². The molecule has 6 aliphatic rings. The highest BCUT2D eigenvalue weighted by Gasteiger charge is 2.45. The van der Waals surface area contributed by atoms with Gasteiger partial charge in [-0.1, -0.05) is 5.21 Å². The van der Waals surface area contributed by atoms with Crippen LogP contribution in [0.15, 0.2) is 48.8 Å². The number of imide groups is 2. The first-order valence-corrected chi connectivity index (χ1v) is 24.3. The number of hydrogen-bond donors (Lipinski definition) is 1. The zero-order chi connectivity index (χ0) is 49.0. The van der Waals surface area contributed by atoms with E-state index in [1.54, 1.807) is 35.9 Å². The molecular weight excluding hydrogens is 917 g/mol. The van der Waals surface area contributed by atoms with Crippen LogP contribution in [0.25, 0.3) is 22.2 Å². The maximum absolute atomic E-state index is 15.6. The molecule has 366 valence electrons. The highest BCUT2D eigenvalue weighted by atomic mass is 19.3. The number of amides is 5. The molecule has 3 saturated heterocycles. The van der Waals surface area contributed by atoms with Crippen LogP contribution in [0.3, 0.4) is 0 Å². The molecule has 0 saturated carbocycles. The summed E-state index contributed by atoms with van der Waals surface area (Å²) in [6.07, 6.45) is 4.85. The number of nitrogens with zero attached hydrogens (tertiary/aromatic N) is 12. The molecule has 0 radical (unpaired) electrons. The molecule has 0 bridgehead atoms. The van der Waals surface area contributed by atoms with E-state index in [-0.39, 0.29) is 53.6 Å². The average Bonchev–Trinajstić information content (AvgIpc) is 4.14. The van der Waals surface area contributed by atoms with Gasteiger partial charge in [0.1, 0.15) is 17.3 Å². The second-order valence-electron chi connectivity index (χ2n) is 19.6. The Bertz CT molecular complexity index is 3220. The molecule has 0 spiro atoms. The molecule has 12 rings (SSSR count). The number of aryl methyl sites for hydroxylation is 2. The largest absolute Gasteiger partial charge is 0.381 e. The van der Waals surface area contributed by atoms with Crippen LogP contribution in [0.2, 0.25) is 0 Å². The molecule has 21 heteroatoms. The Labute approximate surface area is 405 Å². The van der Waals surface area contributed by atoms with E-state index in [0.29, 0.717) is 98.0 Å². The minimum absolute atomic E-state index is 0.0110. The number of rotatable bonds is 9. The van der Waals surface area contributed by atoms with Crippen LogP contribution < -0.4 is 15.1 Å². The van der Waals surface area contributed by atoms with Crippen molar-refractivity contribution in [1.82, 2.24) is 54.7 Å². The first kappa shape index (κ1) is 44.8. The van der Waals surface area contributed by atoms with Crippen molar-refractivity contribution >= 4 is 57.8 Å². The molecular formula is C50H51F2N13O6. The summed E-state index contributed by atoms with van der Waals surface area (Å²) in [6.45, 7) is 9.39. The lowest BCUT2D eigenvalue weighted by molar-refractivity contribution is -0.136. The highest BCUT2D eigenvalue weighted by Crippen LogP contribution is 2.46. The minimum atomic E-state index is -2.82. The molecule has 3 fully saturated rings. The molecule has 2 atom stereocenters. The zero-order valence-corrected chi connectivity index (χ0v) is 39.5. The summed E-state index contributed by atoms with van der Waals surface area (Å²) in [5.41, 5.74) is 8.16. The van der Waals surface area contributed by atoms with Crippen molar-refractivity contribution in [2.45, 2.75) is 103 Å². The van der Waals surface area contributed by atoms with Gasteiger partial charge in [-0.05, 0) is 93.5 Å². The summed E-state index contributed by atoms with van der Waals surface area (Å²) >= 11 is 0. The summed E-state index contributed by atoms with van der Waals surface area (Å²) in [5.74, 6) is -1.50. The minimum Gasteiger partial charge on any atom is -0.381 e. The maximum Gasteiger partial charge on any atom is 0.264 e. The zero-order valence-electron chi connectivity index (χ0n) is 39.5. The van der Waals surface area contributed by atoms with Gasteiger partial charge in [-0.25, -0.2) is 13.5 Å². The molecule has 2 aromatic carbocycles. The fraction of sp³-hybridized carbons (Fsp3) is 0.440. The number of hydrogen-bond acceptors (Lipinski definition) is 13. The third-order valence-electron chi connectivity index (χ3n) is 15.3. The third-order valence-corrected chi connectivity index (χ3v) is 15.3. The number of fused-ring (bicyclic) bond motifs is 4. The van der Waals surface area contributed by atoms with Gasteiger partial charge in [0.05, 0.1) is 53.2 Å². The Morgan fingerprint density at radius 1 is 0.859 bits per heavy atom. The lowest BCUT2D eigenvalue weighted by atomic mass is 9.92. The van der Waals surface area contributed by atoms with Crippen LogP contribution in [0.1, 0.15) is 125 Å². The van der Waals surface area contributed by atoms with Crippen molar-refractivity contribution < 1.29 is 37.5 Å². The van der Waals surface area contributed by atoms with E-state index in [1.165, 1.54) is 0 Å². The Hall–Kier alpha value is -7.42. The van der Waals surface area contributed by atoms with Crippen molar-refractivity contribution in [3.63, 3.8) is 0 Å². The lowest BCUT2D eigenvalue weighted by Gasteiger charge is -2.40. The van der Waals surface area contributed by atoms with Crippen molar-refractivity contribution in [1.29, 1.82) is 0 Å². The average molecular weight is 968 g/mol. The number of aromatic nitrogens is 8. The van der Waals surface area contributed by atoms with Crippen LogP contribution in [-0.4, -0.2) is 124 Å². The molecule has 10 heterocycles. The first-order valence-electron chi connectivity index (χ1n) is 24.3. The van der Waals surface area contributed by atoms with Crippen LogP contribution in [-0.2, 0) is 38.5 Å². The number of halogens is 2. The quantitative estimate of drug-likeness (QED) is 0.177. The summed E-state index contributed by atoms with van der Waals surface area (Å²) in [6, 6.07) is 9.14. The summed E-state index contributed by atoms with van der Waals surface area (Å²) in [5, 5.41) is 25.6. The molecule has 5 amide bonds. The van der Waals surface area contributed by atoms with Crippen LogP contribution >= 0.6 is 0 Å². The molecule has 6 aromatic rings. The van der Waals surface area contributed by atoms with Crippen LogP contribution in [0.5, 0.6) is 0 Å². The fourth-order valence-corrected chi connectivity index (χ4v) is 11.4. The molecule has 1 unspecified atom stereocenters. The normalized spacial score (nSPS) is 20.2. The van der Waals surface area contributed by atoms with Gasteiger partial charge in [0.25, 0.3) is 18.2 Å². The van der Waals surface area contributed by atoms with Gasteiger partial charge in [-0.2, -0.15) is 10.2 Å². The van der Waals surface area contributed by atoms with Crippen molar-refractivity contribution in [2.24, 2.45) is 0 Å². The SMILES string of the molecule is CC(=O)N1CCc2c(c(N3CCCc4cc(-c5cn([C@@H](C)c6cn(C7CN(c8ccc9c(c8)C(=O)N(C8CCC(=O)NC8=O)C9=O)C7)nn6)c6cc(C)nnc56)c(C(F)F)cc43)nn2C2CCOCC2)C1. The second kappa shape index (κ2) is 17.2. The summed E-state index contributed by atoms with van der Waals surface area (Å²) in [4.78, 5) is 70.6. The number of nitrogens with one attached hydrogen (secondary N) is 1. The summed E-state index contributed by atoms with van der Waals surface area (Å²) in [7, 11) is 0. The predicted molar refractivity (Wildman–Crippen MR) is 252 cm³/mol. The Morgan fingerprint density at radius 3 is 2.44 bits per heavy atom. The predicted octanol–water partition coefficient (Wildman–Crippen LogP) is 5.54. The number of carbonyl (C=O) groups is 5. The smallest absolute Gasteiger partial charge is 0.264 e. The molecule has 19 nitrogen and oxygen atoms in total. The van der Waals surface area contributed by atoms with Crippen molar-refractivity contribution in [3.05, 3.63) is 93.7 Å². The van der Waals surface area contributed by atoms with E-state index < -0.39 is 36.1 Å².